The van der Waals surface area contributed by atoms with Gasteiger partial charge in [0, 0.05) is 24.6 Å². The van der Waals surface area contributed by atoms with Crippen LogP contribution in [0.1, 0.15) is 17.5 Å². The van der Waals surface area contributed by atoms with Crippen LogP contribution in [-0.4, -0.2) is 27.1 Å². The molecule has 0 N–H and O–H groups in total. The predicted octanol–water partition coefficient (Wildman–Crippen LogP) is 6.71. The molecule has 5 rings (SSSR count). The lowest BCUT2D eigenvalue weighted by Crippen LogP contribution is -2.30. The van der Waals surface area contributed by atoms with Crippen molar-refractivity contribution < 1.29 is 4.79 Å². The van der Waals surface area contributed by atoms with Gasteiger partial charge >= 0.3 is 0 Å². The smallest absolute Gasteiger partial charge is 0.266 e. The average Bonchev–Trinajstić information content (AvgIpc) is 3.46. The van der Waals surface area contributed by atoms with Crippen LogP contribution < -0.4 is 0 Å². The number of nitrogens with zero attached hydrogens (tertiary/aromatic N) is 3. The number of carbonyl (C=O) groups excluding carboxylic acids is 1. The number of aryl methyl sites for hydroxylation is 1. The topological polar surface area (TPSA) is 37.6 Å². The molecule has 3 aromatic carbocycles. The lowest BCUT2D eigenvalue weighted by atomic mass is 10.1. The van der Waals surface area contributed by atoms with Gasteiger partial charge in [0.15, 0.2) is 5.17 Å². The molecular formula is C29H25N3OS. The van der Waals surface area contributed by atoms with E-state index < -0.39 is 0 Å². The third kappa shape index (κ3) is 5.21. The summed E-state index contributed by atoms with van der Waals surface area (Å²) in [6.45, 7) is 0.634. The van der Waals surface area contributed by atoms with Crippen molar-refractivity contribution >= 4 is 34.6 Å². The number of para-hydroxylation sites is 2. The molecule has 4 aromatic rings. The summed E-state index contributed by atoms with van der Waals surface area (Å²) in [5.74, 6) is 0.0141. The Labute approximate surface area is 204 Å². The zero-order chi connectivity index (χ0) is 23.2. The Balaban J connectivity index is 1.37. The average molecular weight is 464 g/mol. The Kier molecular flexibility index (Phi) is 6.73. The summed E-state index contributed by atoms with van der Waals surface area (Å²) in [4.78, 5) is 20.7. The molecule has 1 saturated heterocycles. The molecule has 1 amide bonds. The molecule has 0 bridgehead atoms. The molecule has 5 heteroatoms. The first kappa shape index (κ1) is 22.0. The van der Waals surface area contributed by atoms with Crippen molar-refractivity contribution in [2.24, 2.45) is 4.99 Å². The summed E-state index contributed by atoms with van der Waals surface area (Å²) in [7, 11) is 0. The summed E-state index contributed by atoms with van der Waals surface area (Å²) in [5, 5.41) is 0.734. The number of rotatable bonds is 7. The van der Waals surface area contributed by atoms with Crippen molar-refractivity contribution in [3.05, 3.63) is 125 Å². The molecule has 4 nitrogen and oxygen atoms in total. The summed E-state index contributed by atoms with van der Waals surface area (Å²) in [6, 6.07) is 32.4. The van der Waals surface area contributed by atoms with Crippen molar-refractivity contribution in [2.45, 2.75) is 12.8 Å². The molecule has 168 valence electrons. The second kappa shape index (κ2) is 10.4. The van der Waals surface area contributed by atoms with Crippen LogP contribution in [0.2, 0.25) is 0 Å². The fourth-order valence-corrected chi connectivity index (χ4v) is 4.92. The molecule has 1 fully saturated rings. The molecule has 0 radical (unpaired) electrons. The summed E-state index contributed by atoms with van der Waals surface area (Å²) >= 11 is 1.45. The standard InChI is InChI=1S/C29H25N3OS/c33-28-27(21-24-18-20-31(22-24)26-16-8-3-9-17-26)34-29(30-25-14-6-2-7-15-25)32(28)19-10-13-23-11-4-1-5-12-23/h1-9,11-12,14-18,20-22H,10,13,19H2/b27-21+,30-29?. The second-order valence-corrected chi connectivity index (χ2v) is 9.08. The molecule has 34 heavy (non-hydrogen) atoms. The molecule has 1 aromatic heterocycles. The van der Waals surface area contributed by atoms with Gasteiger partial charge in [-0.2, -0.15) is 0 Å². The Morgan fingerprint density at radius 3 is 2.24 bits per heavy atom. The van der Waals surface area contributed by atoms with Crippen LogP contribution in [0.15, 0.2) is 119 Å². The maximum atomic E-state index is 13.4. The largest absolute Gasteiger partial charge is 0.323 e. The van der Waals surface area contributed by atoms with E-state index in [1.54, 1.807) is 0 Å². The Morgan fingerprint density at radius 2 is 1.50 bits per heavy atom. The quantitative estimate of drug-likeness (QED) is 0.286. The van der Waals surface area contributed by atoms with E-state index in [4.69, 9.17) is 4.99 Å². The van der Waals surface area contributed by atoms with E-state index in [9.17, 15) is 4.79 Å². The summed E-state index contributed by atoms with van der Waals surface area (Å²) in [6.07, 6.45) is 7.82. The minimum absolute atomic E-state index is 0.0141. The van der Waals surface area contributed by atoms with Gasteiger partial charge in [-0.05, 0) is 72.1 Å². The lowest BCUT2D eigenvalue weighted by molar-refractivity contribution is -0.122. The van der Waals surface area contributed by atoms with Crippen LogP contribution in [0.3, 0.4) is 0 Å². The highest BCUT2D eigenvalue weighted by Crippen LogP contribution is 2.34. The third-order valence-electron chi connectivity index (χ3n) is 5.63. The second-order valence-electron chi connectivity index (χ2n) is 8.07. The van der Waals surface area contributed by atoms with Crippen molar-refractivity contribution in [3.8, 4) is 5.69 Å². The zero-order valence-electron chi connectivity index (χ0n) is 18.7. The minimum atomic E-state index is 0.0141. The van der Waals surface area contributed by atoms with Gasteiger partial charge in [-0.1, -0.05) is 66.7 Å². The van der Waals surface area contributed by atoms with Crippen molar-refractivity contribution in [2.75, 3.05) is 6.54 Å². The lowest BCUT2D eigenvalue weighted by Gasteiger charge is -2.15. The number of aromatic nitrogens is 1. The first-order valence-corrected chi connectivity index (χ1v) is 12.2. The Bertz CT molecular complexity index is 1310. The maximum Gasteiger partial charge on any atom is 0.266 e. The van der Waals surface area contributed by atoms with Gasteiger partial charge < -0.3 is 4.57 Å². The van der Waals surface area contributed by atoms with Gasteiger partial charge in [-0.3, -0.25) is 9.69 Å². The van der Waals surface area contributed by atoms with E-state index in [0.717, 1.165) is 34.9 Å². The highest BCUT2D eigenvalue weighted by molar-refractivity contribution is 8.18. The first-order valence-electron chi connectivity index (χ1n) is 11.4. The van der Waals surface area contributed by atoms with Gasteiger partial charge in [0.25, 0.3) is 5.91 Å². The van der Waals surface area contributed by atoms with Gasteiger partial charge in [0.2, 0.25) is 0 Å². The number of amides is 1. The SMILES string of the molecule is O=C1/C(=C\c2ccn(-c3ccccc3)c2)SC(=Nc2ccccc2)N1CCCc1ccccc1. The molecule has 1 aliphatic heterocycles. The molecule has 0 aliphatic carbocycles. The van der Waals surface area contributed by atoms with E-state index in [2.05, 4.69) is 41.0 Å². The number of hydrogen-bond donors (Lipinski definition) is 0. The molecular weight excluding hydrogens is 438 g/mol. The van der Waals surface area contributed by atoms with Gasteiger partial charge in [-0.25, -0.2) is 4.99 Å². The molecule has 0 spiro atoms. The number of amidine groups is 1. The van der Waals surface area contributed by atoms with Crippen LogP contribution in [0, 0.1) is 0 Å². The number of aliphatic imine (C=N–C) groups is 1. The van der Waals surface area contributed by atoms with Crippen LogP contribution >= 0.6 is 11.8 Å². The summed E-state index contributed by atoms with van der Waals surface area (Å²) in [5.41, 5.74) is 4.21. The Hall–Kier alpha value is -3.83. The van der Waals surface area contributed by atoms with Gasteiger partial charge in [-0.15, -0.1) is 0 Å². The highest BCUT2D eigenvalue weighted by atomic mass is 32.2. The van der Waals surface area contributed by atoms with E-state index in [0.29, 0.717) is 11.4 Å². The number of hydrogen-bond acceptors (Lipinski definition) is 3. The third-order valence-corrected chi connectivity index (χ3v) is 6.63. The van der Waals surface area contributed by atoms with Crippen molar-refractivity contribution in [3.63, 3.8) is 0 Å². The van der Waals surface area contributed by atoms with Gasteiger partial charge in [0.1, 0.15) is 0 Å². The first-order chi connectivity index (χ1) is 16.8. The fraction of sp³-hybridized carbons (Fsp3) is 0.103. The number of thioether (sulfide) groups is 1. The molecule has 0 atom stereocenters. The van der Waals surface area contributed by atoms with Gasteiger partial charge in [0.05, 0.1) is 10.6 Å². The zero-order valence-corrected chi connectivity index (χ0v) is 19.6. The monoisotopic (exact) mass is 463 g/mol. The normalized spacial score (nSPS) is 16.0. The van der Waals surface area contributed by atoms with Crippen LogP contribution in [-0.2, 0) is 11.2 Å². The highest BCUT2D eigenvalue weighted by Gasteiger charge is 2.33. The molecule has 0 unspecified atom stereocenters. The fourth-order valence-electron chi connectivity index (χ4n) is 3.90. The van der Waals surface area contributed by atoms with Crippen LogP contribution in [0.5, 0.6) is 0 Å². The van der Waals surface area contributed by atoms with Crippen LogP contribution in [0.4, 0.5) is 5.69 Å². The van der Waals surface area contributed by atoms with Crippen LogP contribution in [0.25, 0.3) is 11.8 Å². The Morgan fingerprint density at radius 1 is 0.824 bits per heavy atom. The number of carbonyl (C=O) groups is 1. The number of benzene rings is 3. The predicted molar refractivity (Wildman–Crippen MR) is 141 cm³/mol. The minimum Gasteiger partial charge on any atom is -0.323 e. The van der Waals surface area contributed by atoms with E-state index in [-0.39, 0.29) is 5.91 Å². The molecule has 0 saturated carbocycles. The van der Waals surface area contributed by atoms with E-state index in [1.165, 1.54) is 17.3 Å². The maximum absolute atomic E-state index is 13.4. The molecule has 1 aliphatic rings. The van der Waals surface area contributed by atoms with E-state index in [1.807, 2.05) is 84.0 Å². The molecule has 2 heterocycles. The summed E-state index contributed by atoms with van der Waals surface area (Å²) < 4.78 is 2.06. The van der Waals surface area contributed by atoms with Crippen molar-refractivity contribution in [1.82, 2.24) is 9.47 Å². The van der Waals surface area contributed by atoms with Crippen molar-refractivity contribution in [1.29, 1.82) is 0 Å². The van der Waals surface area contributed by atoms with E-state index >= 15 is 0 Å².